The monoisotopic (exact) mass is 310 g/mol. The molecule has 0 radical (unpaired) electrons. The summed E-state index contributed by atoms with van der Waals surface area (Å²) >= 11 is 1.35. The van der Waals surface area contributed by atoms with Crippen molar-refractivity contribution in [1.29, 1.82) is 0 Å². The smallest absolute Gasteiger partial charge is 0.267 e. The summed E-state index contributed by atoms with van der Waals surface area (Å²) in [5.41, 5.74) is 3.45. The summed E-state index contributed by atoms with van der Waals surface area (Å²) in [5.74, 6) is -0.290. The molecule has 0 N–H and O–H groups in total. The number of aryl methyl sites for hydroxylation is 1. The fraction of sp³-hybridized carbons (Fsp3) is 0.0588. The molecule has 22 heavy (non-hydrogen) atoms. The molecule has 0 fully saturated rings. The molecule has 0 amide bonds. The third kappa shape index (κ3) is 1.94. The molecule has 2 heterocycles. The maximum absolute atomic E-state index is 12.9. The molecule has 0 spiro atoms. The second-order valence-electron chi connectivity index (χ2n) is 5.14. The fourth-order valence-electron chi connectivity index (χ4n) is 2.54. The first-order valence-corrected chi connectivity index (χ1v) is 7.63. The summed E-state index contributed by atoms with van der Waals surface area (Å²) in [6.07, 6.45) is 1.77. The number of halogens is 1. The van der Waals surface area contributed by atoms with E-state index in [0.717, 1.165) is 22.2 Å². The zero-order valence-electron chi connectivity index (χ0n) is 11.7. The zero-order chi connectivity index (χ0) is 15.3. The molecule has 5 heteroatoms. The number of hydrogen-bond acceptors (Lipinski definition) is 3. The first-order valence-electron chi connectivity index (χ1n) is 6.81. The van der Waals surface area contributed by atoms with Gasteiger partial charge in [0, 0.05) is 0 Å². The highest BCUT2D eigenvalue weighted by Crippen LogP contribution is 2.19. The van der Waals surface area contributed by atoms with Crippen LogP contribution in [0.4, 0.5) is 4.39 Å². The predicted octanol–water partition coefficient (Wildman–Crippen LogP) is 2.90. The molecule has 2 aromatic heterocycles. The first kappa shape index (κ1) is 13.2. The fourth-order valence-corrected chi connectivity index (χ4v) is 3.52. The molecule has 0 aliphatic heterocycles. The van der Waals surface area contributed by atoms with E-state index in [2.05, 4.69) is 4.98 Å². The number of fused-ring (bicyclic) bond motifs is 3. The number of hydrogen-bond donors (Lipinski definition) is 0. The van der Waals surface area contributed by atoms with Crippen molar-refractivity contribution < 1.29 is 4.39 Å². The van der Waals surface area contributed by atoms with Crippen LogP contribution in [0.1, 0.15) is 11.1 Å². The average Bonchev–Trinajstić information content (AvgIpc) is 3.01. The zero-order valence-corrected chi connectivity index (χ0v) is 12.5. The Morgan fingerprint density at radius 1 is 1.18 bits per heavy atom. The maximum Gasteiger partial charge on any atom is 0.274 e. The van der Waals surface area contributed by atoms with E-state index in [0.29, 0.717) is 9.49 Å². The van der Waals surface area contributed by atoms with E-state index in [9.17, 15) is 9.18 Å². The standard InChI is InChI=1S/C17H11FN2OS/c1-10-3-2-4-13-15(10)19-17-20(13)16(21)14(22-17)9-11-5-7-12(18)8-6-11/h2-9H,1H3/b14-9-. The van der Waals surface area contributed by atoms with Crippen LogP contribution in [0, 0.1) is 12.7 Å². The Morgan fingerprint density at radius 2 is 1.95 bits per heavy atom. The lowest BCUT2D eigenvalue weighted by atomic mass is 10.2. The van der Waals surface area contributed by atoms with Crippen molar-refractivity contribution in [2.24, 2.45) is 0 Å². The second kappa shape index (κ2) is 4.74. The van der Waals surface area contributed by atoms with Crippen LogP contribution in [0.25, 0.3) is 22.1 Å². The molecule has 0 saturated carbocycles. The van der Waals surface area contributed by atoms with E-state index in [1.807, 2.05) is 25.1 Å². The Kier molecular flexibility index (Phi) is 2.84. The minimum absolute atomic E-state index is 0.0857. The van der Waals surface area contributed by atoms with E-state index in [-0.39, 0.29) is 11.4 Å². The lowest BCUT2D eigenvalue weighted by molar-refractivity contribution is 0.628. The molecular formula is C17H11FN2OS. The summed E-state index contributed by atoms with van der Waals surface area (Å²) < 4.78 is 15.2. The molecule has 108 valence electrons. The van der Waals surface area contributed by atoms with E-state index in [1.165, 1.54) is 23.5 Å². The van der Waals surface area contributed by atoms with Crippen molar-refractivity contribution in [2.75, 3.05) is 0 Å². The molecule has 0 aliphatic carbocycles. The van der Waals surface area contributed by atoms with Crippen LogP contribution < -0.4 is 10.1 Å². The van der Waals surface area contributed by atoms with Crippen LogP contribution in [-0.4, -0.2) is 9.38 Å². The Hall–Kier alpha value is -2.53. The van der Waals surface area contributed by atoms with Crippen LogP contribution >= 0.6 is 11.3 Å². The van der Waals surface area contributed by atoms with E-state index in [1.54, 1.807) is 22.6 Å². The average molecular weight is 310 g/mol. The third-order valence-corrected chi connectivity index (χ3v) is 4.61. The van der Waals surface area contributed by atoms with Crippen molar-refractivity contribution in [3.8, 4) is 0 Å². The Labute approximate surface area is 129 Å². The molecule has 3 nitrogen and oxygen atoms in total. The molecule has 2 aromatic carbocycles. The molecule has 0 saturated heterocycles. The molecular weight excluding hydrogens is 299 g/mol. The van der Waals surface area contributed by atoms with Crippen LogP contribution in [0.5, 0.6) is 0 Å². The topological polar surface area (TPSA) is 34.4 Å². The molecule has 0 unspecified atom stereocenters. The highest BCUT2D eigenvalue weighted by Gasteiger charge is 2.12. The summed E-state index contributed by atoms with van der Waals surface area (Å²) in [4.78, 5) is 17.9. The van der Waals surface area contributed by atoms with Crippen LogP contribution in [-0.2, 0) is 0 Å². The van der Waals surface area contributed by atoms with Gasteiger partial charge in [-0.15, -0.1) is 0 Å². The van der Waals surface area contributed by atoms with Crippen LogP contribution in [0.15, 0.2) is 47.3 Å². The minimum Gasteiger partial charge on any atom is -0.267 e. The second-order valence-corrected chi connectivity index (χ2v) is 6.15. The molecule has 0 atom stereocenters. The Balaban J connectivity index is 2.01. The first-order chi connectivity index (χ1) is 10.6. The van der Waals surface area contributed by atoms with Crippen molar-refractivity contribution in [3.63, 3.8) is 0 Å². The number of para-hydroxylation sites is 1. The van der Waals surface area contributed by atoms with E-state index in [4.69, 9.17) is 0 Å². The van der Waals surface area contributed by atoms with Gasteiger partial charge in [-0.2, -0.15) is 0 Å². The van der Waals surface area contributed by atoms with Gasteiger partial charge in [-0.05, 0) is 42.3 Å². The van der Waals surface area contributed by atoms with Gasteiger partial charge in [0.2, 0.25) is 0 Å². The molecule has 0 aliphatic rings. The third-order valence-electron chi connectivity index (χ3n) is 3.64. The number of thiazole rings is 1. The molecule has 4 rings (SSSR count). The number of aromatic nitrogens is 2. The predicted molar refractivity (Wildman–Crippen MR) is 86.8 cm³/mol. The minimum atomic E-state index is -0.290. The van der Waals surface area contributed by atoms with Gasteiger partial charge in [0.25, 0.3) is 5.56 Å². The van der Waals surface area contributed by atoms with Crippen molar-refractivity contribution in [2.45, 2.75) is 6.92 Å². The quantitative estimate of drug-likeness (QED) is 0.542. The lowest BCUT2D eigenvalue weighted by Gasteiger charge is -1.93. The van der Waals surface area contributed by atoms with Crippen molar-refractivity contribution in [1.82, 2.24) is 9.38 Å². The van der Waals surface area contributed by atoms with Crippen LogP contribution in [0.3, 0.4) is 0 Å². The van der Waals surface area contributed by atoms with Gasteiger partial charge in [-0.1, -0.05) is 35.6 Å². The van der Waals surface area contributed by atoms with E-state index < -0.39 is 0 Å². The highest BCUT2D eigenvalue weighted by molar-refractivity contribution is 7.15. The summed E-state index contributed by atoms with van der Waals surface area (Å²) in [7, 11) is 0. The van der Waals surface area contributed by atoms with Gasteiger partial charge < -0.3 is 0 Å². The maximum atomic E-state index is 12.9. The normalized spacial score (nSPS) is 12.5. The largest absolute Gasteiger partial charge is 0.274 e. The molecule has 4 aromatic rings. The number of nitrogens with zero attached hydrogens (tertiary/aromatic N) is 2. The summed E-state index contributed by atoms with van der Waals surface area (Å²) in [6.45, 7) is 1.98. The van der Waals surface area contributed by atoms with Crippen LogP contribution in [0.2, 0.25) is 0 Å². The number of rotatable bonds is 1. The van der Waals surface area contributed by atoms with Crippen molar-refractivity contribution >= 4 is 33.4 Å². The SMILES string of the molecule is Cc1cccc2c1nc1s/c(=C\c3ccc(F)cc3)c(=O)n12. The summed E-state index contributed by atoms with van der Waals surface area (Å²) in [6, 6.07) is 11.9. The van der Waals surface area contributed by atoms with Gasteiger partial charge in [0.1, 0.15) is 5.82 Å². The summed E-state index contributed by atoms with van der Waals surface area (Å²) in [5, 5.41) is 0. The van der Waals surface area contributed by atoms with Gasteiger partial charge in [0.15, 0.2) is 4.96 Å². The van der Waals surface area contributed by atoms with Gasteiger partial charge in [0.05, 0.1) is 15.6 Å². The van der Waals surface area contributed by atoms with Crippen molar-refractivity contribution in [3.05, 3.63) is 74.3 Å². The number of benzene rings is 2. The van der Waals surface area contributed by atoms with Gasteiger partial charge in [-0.3, -0.25) is 4.79 Å². The number of imidazole rings is 1. The Bertz CT molecular complexity index is 1110. The van der Waals surface area contributed by atoms with Gasteiger partial charge >= 0.3 is 0 Å². The highest BCUT2D eigenvalue weighted by atomic mass is 32.1. The Morgan fingerprint density at radius 3 is 2.73 bits per heavy atom. The van der Waals surface area contributed by atoms with Gasteiger partial charge in [-0.25, -0.2) is 13.8 Å². The molecule has 0 bridgehead atoms. The lowest BCUT2D eigenvalue weighted by Crippen LogP contribution is -2.22. The van der Waals surface area contributed by atoms with E-state index >= 15 is 0 Å².